The molecular weight excluding hydrogens is 277 g/mol. The van der Waals surface area contributed by atoms with Crippen LogP contribution in [-0.2, 0) is 0 Å². The van der Waals surface area contributed by atoms with E-state index in [0.717, 1.165) is 37.6 Å². The standard InChI is InChI=1S/C14H18FN3O3/c1-16-8-10-3-2-4-17(9-10)14(19)11-5-12(15)7-13(6-11)18(20)21/h5-7,10,16H,2-4,8-9H2,1H3. The molecule has 1 aliphatic rings. The molecule has 7 heteroatoms. The van der Waals surface area contributed by atoms with Crippen molar-refractivity contribution in [1.29, 1.82) is 0 Å². The van der Waals surface area contributed by atoms with Gasteiger partial charge in [-0.25, -0.2) is 4.39 Å². The maximum atomic E-state index is 13.4. The minimum Gasteiger partial charge on any atom is -0.338 e. The maximum absolute atomic E-state index is 13.4. The van der Waals surface area contributed by atoms with Gasteiger partial charge >= 0.3 is 0 Å². The van der Waals surface area contributed by atoms with Crippen LogP contribution in [0.2, 0.25) is 0 Å². The molecule has 1 aromatic rings. The largest absolute Gasteiger partial charge is 0.338 e. The number of carbonyl (C=O) groups is 1. The number of carbonyl (C=O) groups excluding carboxylic acids is 1. The summed E-state index contributed by atoms with van der Waals surface area (Å²) in [5.74, 6) is -0.758. The van der Waals surface area contributed by atoms with Crippen LogP contribution in [0, 0.1) is 21.8 Å². The predicted octanol–water partition coefficient (Wildman–Crippen LogP) is 1.81. The average Bonchev–Trinajstić information content (AvgIpc) is 2.46. The molecule has 0 aromatic heterocycles. The number of hydrogen-bond donors (Lipinski definition) is 1. The Kier molecular flexibility index (Phi) is 4.85. The van der Waals surface area contributed by atoms with E-state index in [2.05, 4.69) is 5.32 Å². The molecule has 21 heavy (non-hydrogen) atoms. The van der Waals surface area contributed by atoms with Gasteiger partial charge in [0, 0.05) is 24.7 Å². The molecule has 1 fully saturated rings. The van der Waals surface area contributed by atoms with Crippen molar-refractivity contribution >= 4 is 11.6 Å². The van der Waals surface area contributed by atoms with Gasteiger partial charge < -0.3 is 10.2 Å². The molecule has 114 valence electrons. The van der Waals surface area contributed by atoms with Crippen LogP contribution in [-0.4, -0.2) is 42.4 Å². The van der Waals surface area contributed by atoms with Crippen molar-refractivity contribution in [2.45, 2.75) is 12.8 Å². The van der Waals surface area contributed by atoms with Gasteiger partial charge in [-0.05, 0) is 38.4 Å². The van der Waals surface area contributed by atoms with Gasteiger partial charge in [0.2, 0.25) is 0 Å². The first-order chi connectivity index (χ1) is 10.0. The van der Waals surface area contributed by atoms with E-state index in [4.69, 9.17) is 0 Å². The number of amides is 1. The van der Waals surface area contributed by atoms with Gasteiger partial charge in [0.05, 0.1) is 11.0 Å². The lowest BCUT2D eigenvalue weighted by Gasteiger charge is -2.32. The third-order valence-corrected chi connectivity index (χ3v) is 3.64. The molecule has 1 saturated heterocycles. The average molecular weight is 295 g/mol. The summed E-state index contributed by atoms with van der Waals surface area (Å²) in [7, 11) is 1.86. The number of hydrogen-bond acceptors (Lipinski definition) is 4. The maximum Gasteiger partial charge on any atom is 0.273 e. The Morgan fingerprint density at radius 2 is 2.29 bits per heavy atom. The second-order valence-corrected chi connectivity index (χ2v) is 5.27. The molecule has 1 aromatic carbocycles. The lowest BCUT2D eigenvalue weighted by Crippen LogP contribution is -2.42. The summed E-state index contributed by atoms with van der Waals surface area (Å²) in [5.41, 5.74) is -0.367. The highest BCUT2D eigenvalue weighted by Gasteiger charge is 2.25. The molecule has 2 rings (SSSR count). The van der Waals surface area contributed by atoms with Crippen molar-refractivity contribution in [2.75, 3.05) is 26.7 Å². The fourth-order valence-electron chi connectivity index (χ4n) is 2.69. The van der Waals surface area contributed by atoms with Crippen LogP contribution >= 0.6 is 0 Å². The lowest BCUT2D eigenvalue weighted by atomic mass is 9.97. The Hall–Kier alpha value is -2.02. The number of rotatable bonds is 4. The SMILES string of the molecule is CNCC1CCCN(C(=O)c2cc(F)cc([N+](=O)[O-])c2)C1. The number of halogens is 1. The minimum atomic E-state index is -0.767. The molecule has 1 unspecified atom stereocenters. The van der Waals surface area contributed by atoms with Gasteiger partial charge in [-0.3, -0.25) is 14.9 Å². The number of piperidine rings is 1. The molecule has 0 bridgehead atoms. The van der Waals surface area contributed by atoms with Gasteiger partial charge in [-0.2, -0.15) is 0 Å². The van der Waals surface area contributed by atoms with E-state index < -0.39 is 16.4 Å². The van der Waals surface area contributed by atoms with Crippen molar-refractivity contribution in [2.24, 2.45) is 5.92 Å². The monoisotopic (exact) mass is 295 g/mol. The van der Waals surface area contributed by atoms with E-state index in [0.29, 0.717) is 19.0 Å². The van der Waals surface area contributed by atoms with Crippen LogP contribution in [0.25, 0.3) is 0 Å². The molecule has 1 amide bonds. The highest BCUT2D eigenvalue weighted by atomic mass is 19.1. The molecule has 1 N–H and O–H groups in total. The first-order valence-electron chi connectivity index (χ1n) is 6.90. The molecule has 1 heterocycles. The zero-order valence-electron chi connectivity index (χ0n) is 11.8. The van der Waals surface area contributed by atoms with Crippen LogP contribution in [0.4, 0.5) is 10.1 Å². The minimum absolute atomic E-state index is 0.0341. The van der Waals surface area contributed by atoms with E-state index in [9.17, 15) is 19.3 Å². The van der Waals surface area contributed by atoms with Crippen molar-refractivity contribution < 1.29 is 14.1 Å². The number of non-ortho nitro benzene ring substituents is 1. The molecular formula is C14H18FN3O3. The predicted molar refractivity (Wildman–Crippen MR) is 75.6 cm³/mol. The summed E-state index contributed by atoms with van der Waals surface area (Å²) >= 11 is 0. The van der Waals surface area contributed by atoms with Crippen molar-refractivity contribution in [3.05, 3.63) is 39.7 Å². The highest BCUT2D eigenvalue weighted by Crippen LogP contribution is 2.21. The number of likely N-dealkylation sites (tertiary alicyclic amines) is 1. The van der Waals surface area contributed by atoms with Crippen LogP contribution in [0.3, 0.4) is 0 Å². The third kappa shape index (κ3) is 3.75. The second-order valence-electron chi connectivity index (χ2n) is 5.27. The summed E-state index contributed by atoms with van der Waals surface area (Å²) in [6, 6.07) is 3.00. The van der Waals surface area contributed by atoms with Gasteiger partial charge in [-0.15, -0.1) is 0 Å². The summed E-state index contributed by atoms with van der Waals surface area (Å²) in [5, 5.41) is 13.8. The van der Waals surface area contributed by atoms with E-state index in [1.807, 2.05) is 7.05 Å². The summed E-state index contributed by atoms with van der Waals surface area (Å²) in [4.78, 5) is 24.1. The van der Waals surface area contributed by atoms with Crippen LogP contribution in [0.5, 0.6) is 0 Å². The fraction of sp³-hybridized carbons (Fsp3) is 0.500. The summed E-state index contributed by atoms with van der Waals surface area (Å²) < 4.78 is 13.4. The smallest absolute Gasteiger partial charge is 0.273 e. The van der Waals surface area contributed by atoms with Gasteiger partial charge in [-0.1, -0.05) is 0 Å². The Balaban J connectivity index is 2.17. The van der Waals surface area contributed by atoms with E-state index in [1.165, 1.54) is 0 Å². The number of nitro benzene ring substituents is 1. The molecule has 6 nitrogen and oxygen atoms in total. The Bertz CT molecular complexity index is 548. The zero-order chi connectivity index (χ0) is 15.4. The Labute approximate surface area is 122 Å². The first kappa shape index (κ1) is 15.4. The Morgan fingerprint density at radius 3 is 2.95 bits per heavy atom. The topological polar surface area (TPSA) is 75.5 Å². The first-order valence-corrected chi connectivity index (χ1v) is 6.90. The van der Waals surface area contributed by atoms with E-state index in [1.54, 1.807) is 4.90 Å². The summed E-state index contributed by atoms with van der Waals surface area (Å²) in [6.07, 6.45) is 1.92. The lowest BCUT2D eigenvalue weighted by molar-refractivity contribution is -0.385. The molecule has 1 atom stereocenters. The number of nitro groups is 1. The third-order valence-electron chi connectivity index (χ3n) is 3.64. The molecule has 0 spiro atoms. The van der Waals surface area contributed by atoms with Crippen molar-refractivity contribution in [1.82, 2.24) is 10.2 Å². The van der Waals surface area contributed by atoms with E-state index in [-0.39, 0.29) is 11.5 Å². The molecule has 0 radical (unpaired) electrons. The molecule has 0 aliphatic carbocycles. The van der Waals surface area contributed by atoms with Crippen LogP contribution in [0.15, 0.2) is 18.2 Å². The second kappa shape index (κ2) is 6.62. The van der Waals surface area contributed by atoms with Gasteiger partial charge in [0.25, 0.3) is 11.6 Å². The number of benzene rings is 1. The van der Waals surface area contributed by atoms with E-state index >= 15 is 0 Å². The van der Waals surface area contributed by atoms with Crippen LogP contribution in [0.1, 0.15) is 23.2 Å². The number of nitrogens with zero attached hydrogens (tertiary/aromatic N) is 2. The quantitative estimate of drug-likeness (QED) is 0.679. The molecule has 0 saturated carbocycles. The highest BCUT2D eigenvalue weighted by molar-refractivity contribution is 5.95. The zero-order valence-corrected chi connectivity index (χ0v) is 11.8. The normalized spacial score (nSPS) is 18.6. The van der Waals surface area contributed by atoms with Crippen LogP contribution < -0.4 is 5.32 Å². The summed E-state index contributed by atoms with van der Waals surface area (Å²) in [6.45, 7) is 2.00. The van der Waals surface area contributed by atoms with Gasteiger partial charge in [0.1, 0.15) is 5.82 Å². The molecule has 1 aliphatic heterocycles. The Morgan fingerprint density at radius 1 is 1.52 bits per heavy atom. The number of nitrogens with one attached hydrogen (secondary N) is 1. The van der Waals surface area contributed by atoms with Crippen molar-refractivity contribution in [3.63, 3.8) is 0 Å². The van der Waals surface area contributed by atoms with Crippen molar-refractivity contribution in [3.8, 4) is 0 Å². The van der Waals surface area contributed by atoms with Gasteiger partial charge in [0.15, 0.2) is 0 Å². The fourth-order valence-corrected chi connectivity index (χ4v) is 2.69.